The Kier molecular flexibility index (Phi) is 2.39. The van der Waals surface area contributed by atoms with Gasteiger partial charge in [0.2, 0.25) is 0 Å². The van der Waals surface area contributed by atoms with E-state index in [1.165, 1.54) is 23.1 Å². The largest absolute Gasteiger partial charge is 0.294 e. The van der Waals surface area contributed by atoms with Crippen molar-refractivity contribution in [1.82, 2.24) is 9.78 Å². The second-order valence-corrected chi connectivity index (χ2v) is 3.29. The van der Waals surface area contributed by atoms with E-state index >= 15 is 0 Å². The monoisotopic (exact) mass is 223 g/mol. The number of nitro benzene ring substituents is 1. The van der Waals surface area contributed by atoms with Crippen LogP contribution in [-0.4, -0.2) is 14.7 Å². The van der Waals surface area contributed by atoms with Gasteiger partial charge in [-0.15, -0.1) is 0 Å². The number of hydrogen-bond acceptors (Lipinski definition) is 3. The van der Waals surface area contributed by atoms with Crippen LogP contribution in [0.3, 0.4) is 0 Å². The van der Waals surface area contributed by atoms with E-state index in [2.05, 4.69) is 5.10 Å². The number of halogens is 1. The van der Waals surface area contributed by atoms with Crippen LogP contribution in [0.1, 0.15) is 0 Å². The van der Waals surface area contributed by atoms with Gasteiger partial charge in [0.1, 0.15) is 5.69 Å². The Morgan fingerprint density at radius 1 is 1.40 bits per heavy atom. The number of benzene rings is 1. The third-order valence-corrected chi connectivity index (χ3v) is 2.07. The van der Waals surface area contributed by atoms with Crippen molar-refractivity contribution < 1.29 is 4.92 Å². The van der Waals surface area contributed by atoms with Crippen LogP contribution in [-0.2, 0) is 0 Å². The summed E-state index contributed by atoms with van der Waals surface area (Å²) < 4.78 is 1.38. The Balaban J connectivity index is 2.57. The molecule has 0 radical (unpaired) electrons. The van der Waals surface area contributed by atoms with E-state index in [4.69, 9.17) is 11.6 Å². The summed E-state index contributed by atoms with van der Waals surface area (Å²) in [6, 6.07) is 6.34. The number of nitrogens with zero attached hydrogens (tertiary/aromatic N) is 3. The van der Waals surface area contributed by atoms with Gasteiger partial charge in [0.15, 0.2) is 0 Å². The molecule has 0 aliphatic carbocycles. The lowest BCUT2D eigenvalue weighted by atomic mass is 10.3. The van der Waals surface area contributed by atoms with Crippen LogP contribution in [0.4, 0.5) is 5.69 Å². The van der Waals surface area contributed by atoms with E-state index in [-0.39, 0.29) is 5.69 Å². The molecule has 5 nitrogen and oxygen atoms in total. The minimum absolute atomic E-state index is 0.00253. The maximum absolute atomic E-state index is 10.7. The lowest BCUT2D eigenvalue weighted by Gasteiger charge is -2.01. The minimum Gasteiger partial charge on any atom is -0.258 e. The summed E-state index contributed by atoms with van der Waals surface area (Å²) in [4.78, 5) is 10.3. The van der Waals surface area contributed by atoms with Crippen molar-refractivity contribution >= 4 is 17.3 Å². The quantitative estimate of drug-likeness (QED) is 0.580. The second kappa shape index (κ2) is 3.70. The fraction of sp³-hybridized carbons (Fsp3) is 0. The van der Waals surface area contributed by atoms with Crippen molar-refractivity contribution in [3.8, 4) is 5.69 Å². The molecule has 0 aliphatic rings. The number of nitro groups is 1. The average Bonchev–Trinajstić information content (AvgIpc) is 2.65. The molecule has 0 bridgehead atoms. The Hall–Kier alpha value is -1.88. The third kappa shape index (κ3) is 1.82. The van der Waals surface area contributed by atoms with Crippen molar-refractivity contribution in [2.75, 3.05) is 0 Å². The highest BCUT2D eigenvalue weighted by Crippen LogP contribution is 2.22. The number of hydrogen-bond donors (Lipinski definition) is 0. The third-order valence-electron chi connectivity index (χ3n) is 1.88. The standard InChI is InChI=1S/C9H6ClN3O2/c10-7-5-11-12(6-7)8-3-1-2-4-9(8)13(14)15/h1-6H. The first-order chi connectivity index (χ1) is 7.18. The van der Waals surface area contributed by atoms with E-state index in [1.54, 1.807) is 18.2 Å². The Bertz CT molecular complexity index is 510. The van der Waals surface area contributed by atoms with E-state index in [9.17, 15) is 10.1 Å². The Morgan fingerprint density at radius 2 is 2.13 bits per heavy atom. The maximum Gasteiger partial charge on any atom is 0.294 e. The summed E-state index contributed by atoms with van der Waals surface area (Å²) in [5.41, 5.74) is 0.395. The molecule has 76 valence electrons. The zero-order valence-electron chi connectivity index (χ0n) is 7.50. The molecule has 6 heteroatoms. The van der Waals surface area contributed by atoms with Crippen molar-refractivity contribution in [3.05, 3.63) is 51.8 Å². The van der Waals surface area contributed by atoms with Crippen LogP contribution in [0.25, 0.3) is 5.69 Å². The zero-order valence-corrected chi connectivity index (χ0v) is 8.26. The summed E-state index contributed by atoms with van der Waals surface area (Å²) in [6.07, 6.45) is 2.95. The van der Waals surface area contributed by atoms with E-state index in [0.29, 0.717) is 10.7 Å². The van der Waals surface area contributed by atoms with Gasteiger partial charge in [-0.05, 0) is 6.07 Å². The van der Waals surface area contributed by atoms with Gasteiger partial charge in [0, 0.05) is 12.3 Å². The molecule has 15 heavy (non-hydrogen) atoms. The van der Waals surface area contributed by atoms with Crippen LogP contribution in [0, 0.1) is 10.1 Å². The first-order valence-corrected chi connectivity index (χ1v) is 4.50. The Morgan fingerprint density at radius 3 is 2.73 bits per heavy atom. The lowest BCUT2D eigenvalue weighted by molar-refractivity contribution is -0.384. The van der Waals surface area contributed by atoms with Crippen LogP contribution in [0.15, 0.2) is 36.7 Å². The van der Waals surface area contributed by atoms with Gasteiger partial charge in [-0.25, -0.2) is 4.68 Å². The Labute approximate surface area is 90.1 Å². The van der Waals surface area contributed by atoms with Gasteiger partial charge in [-0.1, -0.05) is 23.7 Å². The van der Waals surface area contributed by atoms with Gasteiger partial charge >= 0.3 is 0 Å². The summed E-state index contributed by atoms with van der Waals surface area (Å²) >= 11 is 5.69. The van der Waals surface area contributed by atoms with Gasteiger partial charge in [0.25, 0.3) is 5.69 Å². The molecule has 0 fully saturated rings. The molecular weight excluding hydrogens is 218 g/mol. The van der Waals surface area contributed by atoms with Crippen molar-refractivity contribution in [2.24, 2.45) is 0 Å². The molecule has 1 aromatic heterocycles. The highest BCUT2D eigenvalue weighted by atomic mass is 35.5. The van der Waals surface area contributed by atoms with Crippen molar-refractivity contribution in [2.45, 2.75) is 0 Å². The van der Waals surface area contributed by atoms with Crippen molar-refractivity contribution in [1.29, 1.82) is 0 Å². The average molecular weight is 224 g/mol. The van der Waals surface area contributed by atoms with Gasteiger partial charge in [-0.3, -0.25) is 10.1 Å². The predicted molar refractivity (Wildman–Crippen MR) is 55.2 cm³/mol. The van der Waals surface area contributed by atoms with Gasteiger partial charge in [-0.2, -0.15) is 5.10 Å². The summed E-state index contributed by atoms with van der Waals surface area (Å²) in [5.74, 6) is 0. The molecule has 0 atom stereocenters. The molecule has 2 aromatic rings. The minimum atomic E-state index is -0.453. The molecular formula is C9H6ClN3O2. The molecule has 1 aromatic carbocycles. The van der Waals surface area contributed by atoms with Gasteiger partial charge in [0.05, 0.1) is 16.1 Å². The normalized spacial score (nSPS) is 10.2. The van der Waals surface area contributed by atoms with Crippen molar-refractivity contribution in [3.63, 3.8) is 0 Å². The fourth-order valence-corrected chi connectivity index (χ4v) is 1.38. The van der Waals surface area contributed by atoms with Crippen LogP contribution < -0.4 is 0 Å². The highest BCUT2D eigenvalue weighted by Gasteiger charge is 2.14. The molecule has 0 aliphatic heterocycles. The molecule has 0 N–H and O–H groups in total. The fourth-order valence-electron chi connectivity index (χ4n) is 1.24. The SMILES string of the molecule is O=[N+]([O-])c1ccccc1-n1cc(Cl)cn1. The van der Waals surface area contributed by atoms with E-state index in [0.717, 1.165) is 0 Å². The topological polar surface area (TPSA) is 61.0 Å². The van der Waals surface area contributed by atoms with E-state index in [1.807, 2.05) is 0 Å². The lowest BCUT2D eigenvalue weighted by Crippen LogP contribution is -1.99. The first-order valence-electron chi connectivity index (χ1n) is 4.12. The predicted octanol–water partition coefficient (Wildman–Crippen LogP) is 2.43. The number of aromatic nitrogens is 2. The smallest absolute Gasteiger partial charge is 0.258 e. The molecule has 0 spiro atoms. The zero-order chi connectivity index (χ0) is 10.8. The molecule has 1 heterocycles. The first kappa shape index (κ1) is 9.67. The van der Waals surface area contributed by atoms with Crippen LogP contribution in [0.5, 0.6) is 0 Å². The summed E-state index contributed by atoms with van der Waals surface area (Å²) in [7, 11) is 0. The summed E-state index contributed by atoms with van der Waals surface area (Å²) in [6.45, 7) is 0. The molecule has 0 saturated carbocycles. The van der Waals surface area contributed by atoms with Crippen LogP contribution in [0.2, 0.25) is 5.02 Å². The molecule has 0 unspecified atom stereocenters. The number of rotatable bonds is 2. The second-order valence-electron chi connectivity index (χ2n) is 2.85. The van der Waals surface area contributed by atoms with Gasteiger partial charge < -0.3 is 0 Å². The highest BCUT2D eigenvalue weighted by molar-refractivity contribution is 6.30. The summed E-state index contributed by atoms with van der Waals surface area (Å²) in [5, 5.41) is 15.1. The number of para-hydroxylation sites is 2. The molecule has 0 amide bonds. The molecule has 2 rings (SSSR count). The maximum atomic E-state index is 10.7. The molecule has 0 saturated heterocycles. The van der Waals surface area contributed by atoms with E-state index < -0.39 is 4.92 Å². The van der Waals surface area contributed by atoms with Crippen LogP contribution >= 0.6 is 11.6 Å².